The molecule has 8 nitrogen and oxygen atoms in total. The van der Waals surface area contributed by atoms with E-state index in [4.69, 9.17) is 14.2 Å². The van der Waals surface area contributed by atoms with Crippen LogP contribution in [0.2, 0.25) is 0 Å². The Kier molecular flexibility index (Phi) is 4.44. The largest absolute Gasteiger partial charge is 0.493 e. The van der Waals surface area contributed by atoms with E-state index < -0.39 is 35.5 Å². The highest BCUT2D eigenvalue weighted by atomic mass is 19.3. The molecule has 1 aliphatic heterocycles. The topological polar surface area (TPSA) is 91.1 Å². The molecule has 1 heterocycles. The van der Waals surface area contributed by atoms with Crippen LogP contribution in [0.1, 0.15) is 18.9 Å². The number of carbonyl (C=O) groups is 1. The maximum atomic E-state index is 14.1. The molecule has 0 unspecified atom stereocenters. The highest BCUT2D eigenvalue weighted by Gasteiger charge is 2.69. The molecule has 1 aromatic rings. The summed E-state index contributed by atoms with van der Waals surface area (Å²) in [5.74, 6) is -2.68. The number of likely N-dealkylation sites (tertiary alicyclic amines) is 1. The smallest absolute Gasteiger partial charge is 0.411 e. The van der Waals surface area contributed by atoms with Gasteiger partial charge in [0.25, 0.3) is 11.6 Å². The Labute approximate surface area is 153 Å². The van der Waals surface area contributed by atoms with Crippen LogP contribution in [0.3, 0.4) is 0 Å². The highest BCUT2D eigenvalue weighted by molar-refractivity contribution is 5.74. The van der Waals surface area contributed by atoms with Crippen LogP contribution in [0, 0.1) is 10.1 Å². The van der Waals surface area contributed by atoms with Gasteiger partial charge in [0.05, 0.1) is 30.8 Å². The number of amides is 1. The maximum Gasteiger partial charge on any atom is 0.411 e. The molecule has 0 N–H and O–H groups in total. The third-order valence-electron chi connectivity index (χ3n) is 4.93. The lowest BCUT2D eigenvalue weighted by Crippen LogP contribution is -2.47. The number of methoxy groups -OCH3 is 2. The molecule has 1 atom stereocenters. The van der Waals surface area contributed by atoms with Gasteiger partial charge in [0.1, 0.15) is 12.1 Å². The van der Waals surface area contributed by atoms with E-state index in [0.29, 0.717) is 5.57 Å². The van der Waals surface area contributed by atoms with Gasteiger partial charge in [-0.3, -0.25) is 15.0 Å². The molecular formula is C17H18F2N2O6. The summed E-state index contributed by atoms with van der Waals surface area (Å²) in [6.45, 7) is 0.902. The van der Waals surface area contributed by atoms with Crippen molar-refractivity contribution < 1.29 is 32.7 Å². The number of halogens is 2. The van der Waals surface area contributed by atoms with Gasteiger partial charge in [0.2, 0.25) is 0 Å². The second kappa shape index (κ2) is 6.36. The molecule has 1 aromatic carbocycles. The van der Waals surface area contributed by atoms with Crippen molar-refractivity contribution in [3.8, 4) is 11.5 Å². The van der Waals surface area contributed by atoms with Crippen molar-refractivity contribution >= 4 is 11.8 Å². The Morgan fingerprint density at radius 2 is 1.89 bits per heavy atom. The maximum absolute atomic E-state index is 14.1. The van der Waals surface area contributed by atoms with Gasteiger partial charge in [-0.15, -0.1) is 0 Å². The minimum Gasteiger partial charge on any atom is -0.493 e. The number of benzene rings is 1. The molecule has 146 valence electrons. The van der Waals surface area contributed by atoms with Gasteiger partial charge in [0, 0.05) is 13.0 Å². The van der Waals surface area contributed by atoms with E-state index in [1.165, 1.54) is 33.3 Å². The fraction of sp³-hybridized carbons (Fsp3) is 0.471. The zero-order chi connectivity index (χ0) is 20.0. The molecule has 27 heavy (non-hydrogen) atoms. The molecule has 0 aromatic heterocycles. The van der Waals surface area contributed by atoms with Gasteiger partial charge >= 0.3 is 6.09 Å². The monoisotopic (exact) mass is 384 g/mol. The van der Waals surface area contributed by atoms with Gasteiger partial charge in [0.15, 0.2) is 11.5 Å². The van der Waals surface area contributed by atoms with E-state index in [1.54, 1.807) is 0 Å². The molecular weight excluding hydrogens is 366 g/mol. The molecule has 10 heteroatoms. The number of rotatable bonds is 5. The predicted octanol–water partition coefficient (Wildman–Crippen LogP) is 3.29. The Balaban J connectivity index is 1.79. The molecule has 1 spiro atoms. The van der Waals surface area contributed by atoms with Crippen molar-refractivity contribution in [2.75, 3.05) is 20.8 Å². The van der Waals surface area contributed by atoms with E-state index in [-0.39, 0.29) is 29.3 Å². The fourth-order valence-corrected chi connectivity index (χ4v) is 3.43. The molecule has 0 saturated carbocycles. The number of nitro groups is 1. The van der Waals surface area contributed by atoms with Gasteiger partial charge in [-0.1, -0.05) is 0 Å². The van der Waals surface area contributed by atoms with E-state index in [0.717, 1.165) is 11.0 Å². The van der Waals surface area contributed by atoms with Crippen LogP contribution in [-0.2, 0) is 11.3 Å². The van der Waals surface area contributed by atoms with Crippen LogP contribution in [0.4, 0.5) is 19.3 Å². The van der Waals surface area contributed by atoms with Crippen LogP contribution in [0.5, 0.6) is 11.5 Å². The van der Waals surface area contributed by atoms with E-state index in [2.05, 4.69) is 0 Å². The van der Waals surface area contributed by atoms with Gasteiger partial charge in [-0.05, 0) is 24.6 Å². The molecule has 3 rings (SSSR count). The van der Waals surface area contributed by atoms with Crippen LogP contribution in [0.25, 0.3) is 0 Å². The highest BCUT2D eigenvalue weighted by Crippen LogP contribution is 2.56. The van der Waals surface area contributed by atoms with Gasteiger partial charge < -0.3 is 14.2 Å². The number of ether oxygens (including phenoxy) is 3. The first-order chi connectivity index (χ1) is 12.7. The summed E-state index contributed by atoms with van der Waals surface area (Å²) in [4.78, 5) is 24.0. The van der Waals surface area contributed by atoms with E-state index in [1.807, 2.05) is 0 Å². The van der Waals surface area contributed by atoms with Crippen LogP contribution >= 0.6 is 0 Å². The number of carbonyl (C=O) groups excluding carboxylic acids is 1. The average Bonchev–Trinajstić information content (AvgIpc) is 3.23. The average molecular weight is 384 g/mol. The summed E-state index contributed by atoms with van der Waals surface area (Å²) in [6.07, 6.45) is -0.0867. The Morgan fingerprint density at radius 3 is 2.41 bits per heavy atom. The van der Waals surface area contributed by atoms with Crippen molar-refractivity contribution in [2.45, 2.75) is 31.4 Å². The number of hydrogen-bond donors (Lipinski definition) is 0. The van der Waals surface area contributed by atoms with Crippen LogP contribution in [0.15, 0.2) is 23.8 Å². The standard InChI is InChI=1S/C17H18F2N2O6/c1-10-8-16(10)17(18,19)4-5-20(16)15(22)27-9-11-6-13(25-2)14(26-3)7-12(11)21(23)24/h6-8H,4-5,9H2,1-3H3/t16-/m0/s1. The second-order valence-corrected chi connectivity index (χ2v) is 6.35. The SMILES string of the molecule is COc1cc(COC(=O)N2CCC(F)(F)[C@@]23C=C3C)c([N+](=O)[O-])cc1OC. The summed E-state index contributed by atoms with van der Waals surface area (Å²) in [6, 6.07) is 2.47. The second-order valence-electron chi connectivity index (χ2n) is 6.35. The van der Waals surface area contributed by atoms with Crippen molar-refractivity contribution in [1.29, 1.82) is 0 Å². The lowest BCUT2D eigenvalue weighted by atomic mass is 10.0. The number of alkyl halides is 2. The molecule has 1 saturated heterocycles. The summed E-state index contributed by atoms with van der Waals surface area (Å²) in [7, 11) is 2.69. The summed E-state index contributed by atoms with van der Waals surface area (Å²) in [5, 5.41) is 11.3. The zero-order valence-electron chi connectivity index (χ0n) is 15.0. The van der Waals surface area contributed by atoms with Crippen molar-refractivity contribution in [2.24, 2.45) is 0 Å². The van der Waals surface area contributed by atoms with Crippen LogP contribution < -0.4 is 9.47 Å². The van der Waals surface area contributed by atoms with Gasteiger partial charge in [-0.25, -0.2) is 13.6 Å². The lowest BCUT2D eigenvalue weighted by Gasteiger charge is -2.28. The Bertz CT molecular complexity index is 841. The lowest BCUT2D eigenvalue weighted by molar-refractivity contribution is -0.385. The normalized spacial score (nSPS) is 22.4. The fourth-order valence-electron chi connectivity index (χ4n) is 3.43. The molecule has 0 radical (unpaired) electrons. The molecule has 2 aliphatic rings. The zero-order valence-corrected chi connectivity index (χ0v) is 15.0. The summed E-state index contributed by atoms with van der Waals surface area (Å²) >= 11 is 0. The van der Waals surface area contributed by atoms with Crippen molar-refractivity contribution in [1.82, 2.24) is 4.90 Å². The molecule has 1 aliphatic carbocycles. The molecule has 1 amide bonds. The first-order valence-electron chi connectivity index (χ1n) is 8.09. The number of hydrogen-bond acceptors (Lipinski definition) is 6. The third-order valence-corrected chi connectivity index (χ3v) is 4.93. The molecule has 1 fully saturated rings. The van der Waals surface area contributed by atoms with E-state index in [9.17, 15) is 23.7 Å². The predicted molar refractivity (Wildman–Crippen MR) is 89.1 cm³/mol. The third kappa shape index (κ3) is 2.84. The minimum absolute atomic E-state index is 0.0616. The minimum atomic E-state index is -3.05. The Hall–Kier alpha value is -2.91. The van der Waals surface area contributed by atoms with Crippen molar-refractivity contribution in [3.63, 3.8) is 0 Å². The Morgan fingerprint density at radius 1 is 1.30 bits per heavy atom. The van der Waals surface area contributed by atoms with Crippen LogP contribution in [-0.4, -0.2) is 48.1 Å². The summed E-state index contributed by atoms with van der Waals surface area (Å²) < 4.78 is 43.5. The first kappa shape index (κ1) is 18.9. The molecule has 0 bridgehead atoms. The number of nitro benzene ring substituents is 1. The summed E-state index contributed by atoms with van der Waals surface area (Å²) in [5.41, 5.74) is -1.57. The van der Waals surface area contributed by atoms with Crippen molar-refractivity contribution in [3.05, 3.63) is 39.5 Å². The first-order valence-corrected chi connectivity index (χ1v) is 8.09. The van der Waals surface area contributed by atoms with E-state index >= 15 is 0 Å². The van der Waals surface area contributed by atoms with Gasteiger partial charge in [-0.2, -0.15) is 0 Å². The number of nitrogens with zero attached hydrogens (tertiary/aromatic N) is 2. The quantitative estimate of drug-likeness (QED) is 0.440.